The van der Waals surface area contributed by atoms with Crippen LogP contribution >= 0.6 is 0 Å². The minimum Gasteiger partial charge on any atom is -0.508 e. The summed E-state index contributed by atoms with van der Waals surface area (Å²) in [4.78, 5) is 50.0. The zero-order chi connectivity index (χ0) is 23.4. The molecule has 0 aliphatic carbocycles. The number of unbranched alkanes of at least 4 members (excludes halogenated alkanes) is 3. The van der Waals surface area contributed by atoms with Gasteiger partial charge in [0.25, 0.3) is 11.8 Å². The maximum atomic E-state index is 12.8. The Morgan fingerprint density at radius 3 is 2.39 bits per heavy atom. The lowest BCUT2D eigenvalue weighted by atomic mass is 10.0. The van der Waals surface area contributed by atoms with Gasteiger partial charge in [-0.1, -0.05) is 25.0 Å². The summed E-state index contributed by atoms with van der Waals surface area (Å²) in [7, 11) is 0. The Morgan fingerprint density at radius 2 is 1.64 bits per heavy atom. The number of ether oxygens (including phenoxy) is 1. The number of rotatable bonds is 9. The monoisotopic (exact) mass is 450 g/mol. The molecule has 2 aromatic rings. The number of hydrogen-bond acceptors (Lipinski definition) is 6. The quantitative estimate of drug-likeness (QED) is 0.449. The number of imide groups is 2. The van der Waals surface area contributed by atoms with Gasteiger partial charge in [0.05, 0.1) is 17.7 Å². The summed E-state index contributed by atoms with van der Waals surface area (Å²) in [6.45, 7) is 0.497. The molecular formula is C25H26N2O6. The predicted octanol–water partition coefficient (Wildman–Crippen LogP) is 2.98. The van der Waals surface area contributed by atoms with Crippen LogP contribution in [-0.4, -0.2) is 46.3 Å². The van der Waals surface area contributed by atoms with Gasteiger partial charge in [-0.05, 0) is 61.6 Å². The van der Waals surface area contributed by atoms with Crippen LogP contribution in [0.15, 0.2) is 42.5 Å². The highest BCUT2D eigenvalue weighted by atomic mass is 16.5. The van der Waals surface area contributed by atoms with Crippen molar-refractivity contribution in [2.75, 3.05) is 6.61 Å². The normalized spacial score (nSPS) is 17.8. The molecule has 8 nitrogen and oxygen atoms in total. The van der Waals surface area contributed by atoms with Gasteiger partial charge in [0.15, 0.2) is 0 Å². The van der Waals surface area contributed by atoms with Crippen LogP contribution in [0.5, 0.6) is 11.5 Å². The summed E-state index contributed by atoms with van der Waals surface area (Å²) in [5, 5.41) is 11.5. The second-order valence-electron chi connectivity index (χ2n) is 8.33. The molecule has 0 radical (unpaired) electrons. The van der Waals surface area contributed by atoms with E-state index in [9.17, 15) is 24.3 Å². The number of nitrogens with one attached hydrogen (secondary N) is 1. The van der Waals surface area contributed by atoms with Crippen LogP contribution in [0.3, 0.4) is 0 Å². The van der Waals surface area contributed by atoms with E-state index < -0.39 is 29.7 Å². The van der Waals surface area contributed by atoms with E-state index in [1.165, 1.54) is 5.56 Å². The number of nitrogens with zero attached hydrogens (tertiary/aromatic N) is 1. The number of phenols is 1. The molecule has 0 aromatic heterocycles. The van der Waals surface area contributed by atoms with Crippen molar-refractivity contribution in [3.05, 3.63) is 59.2 Å². The third kappa shape index (κ3) is 5.05. The standard InChI is InChI=1S/C25H26N2O6/c28-17-8-6-16(7-9-17)5-3-1-2-4-14-33-18-10-11-19-20(15-18)25(32)27(24(19)31)21-12-13-22(29)26-23(21)30/h6-11,15,21,28H,1-5,12-14H2,(H,26,29,30). The number of aryl methyl sites for hydroxylation is 1. The number of phenolic OH excluding ortho intramolecular Hbond substituents is 1. The number of amides is 4. The molecule has 2 heterocycles. The predicted molar refractivity (Wildman–Crippen MR) is 119 cm³/mol. The average Bonchev–Trinajstić information content (AvgIpc) is 3.04. The second-order valence-corrected chi connectivity index (χ2v) is 8.33. The first kappa shape index (κ1) is 22.5. The Balaban J connectivity index is 1.25. The van der Waals surface area contributed by atoms with Crippen LogP contribution in [0.2, 0.25) is 0 Å². The van der Waals surface area contributed by atoms with Gasteiger partial charge in [-0.3, -0.25) is 29.4 Å². The van der Waals surface area contributed by atoms with Crippen molar-refractivity contribution in [3.8, 4) is 11.5 Å². The van der Waals surface area contributed by atoms with E-state index in [0.717, 1.165) is 37.0 Å². The first-order chi connectivity index (χ1) is 15.9. The first-order valence-corrected chi connectivity index (χ1v) is 11.2. The molecule has 2 N–H and O–H groups in total. The number of hydrogen-bond donors (Lipinski definition) is 2. The third-order valence-electron chi connectivity index (χ3n) is 5.98. The number of piperidine rings is 1. The molecule has 1 atom stereocenters. The van der Waals surface area contributed by atoms with Crippen molar-refractivity contribution >= 4 is 23.6 Å². The van der Waals surface area contributed by atoms with Crippen molar-refractivity contribution in [2.24, 2.45) is 0 Å². The number of carbonyl (C=O) groups is 4. The van der Waals surface area contributed by atoms with E-state index in [0.29, 0.717) is 12.4 Å². The van der Waals surface area contributed by atoms with Gasteiger partial charge in [-0.2, -0.15) is 0 Å². The topological polar surface area (TPSA) is 113 Å². The highest BCUT2D eigenvalue weighted by Gasteiger charge is 2.44. The SMILES string of the molecule is O=C1CCC(N2C(=O)c3ccc(OCCCCCCc4ccc(O)cc4)cc3C2=O)C(=O)N1. The highest BCUT2D eigenvalue weighted by molar-refractivity contribution is 6.23. The fourth-order valence-electron chi connectivity index (χ4n) is 4.18. The third-order valence-corrected chi connectivity index (χ3v) is 5.98. The molecular weight excluding hydrogens is 424 g/mol. The van der Waals surface area contributed by atoms with Crippen molar-refractivity contribution in [1.82, 2.24) is 10.2 Å². The van der Waals surface area contributed by atoms with Crippen LogP contribution in [-0.2, 0) is 16.0 Å². The lowest BCUT2D eigenvalue weighted by Crippen LogP contribution is -2.54. The maximum Gasteiger partial charge on any atom is 0.262 e. The molecule has 1 unspecified atom stereocenters. The van der Waals surface area contributed by atoms with E-state index in [-0.39, 0.29) is 29.7 Å². The van der Waals surface area contributed by atoms with Crippen LogP contribution in [0.4, 0.5) is 0 Å². The zero-order valence-corrected chi connectivity index (χ0v) is 18.2. The van der Waals surface area contributed by atoms with E-state index in [4.69, 9.17) is 4.74 Å². The van der Waals surface area contributed by atoms with Gasteiger partial charge in [0.2, 0.25) is 11.8 Å². The van der Waals surface area contributed by atoms with Gasteiger partial charge in [0.1, 0.15) is 17.5 Å². The van der Waals surface area contributed by atoms with Gasteiger partial charge >= 0.3 is 0 Å². The fourth-order valence-corrected chi connectivity index (χ4v) is 4.18. The molecule has 1 saturated heterocycles. The summed E-state index contributed by atoms with van der Waals surface area (Å²) < 4.78 is 5.78. The molecule has 172 valence electrons. The van der Waals surface area contributed by atoms with E-state index in [1.807, 2.05) is 12.1 Å². The van der Waals surface area contributed by atoms with E-state index in [1.54, 1.807) is 30.3 Å². The van der Waals surface area contributed by atoms with Gasteiger partial charge in [-0.25, -0.2) is 0 Å². The second kappa shape index (κ2) is 9.85. The Morgan fingerprint density at radius 1 is 0.909 bits per heavy atom. The van der Waals surface area contributed by atoms with Crippen LogP contribution in [0, 0.1) is 0 Å². The molecule has 2 aromatic carbocycles. The largest absolute Gasteiger partial charge is 0.508 e. The Hall–Kier alpha value is -3.68. The lowest BCUT2D eigenvalue weighted by molar-refractivity contribution is -0.136. The molecule has 1 fully saturated rings. The number of fused-ring (bicyclic) bond motifs is 1. The summed E-state index contributed by atoms with van der Waals surface area (Å²) in [5.41, 5.74) is 1.66. The van der Waals surface area contributed by atoms with Crippen molar-refractivity contribution in [3.63, 3.8) is 0 Å². The highest BCUT2D eigenvalue weighted by Crippen LogP contribution is 2.30. The van der Waals surface area contributed by atoms with Gasteiger partial charge in [-0.15, -0.1) is 0 Å². The molecule has 4 rings (SSSR count). The van der Waals surface area contributed by atoms with Gasteiger partial charge in [0, 0.05) is 6.42 Å². The molecule has 2 aliphatic rings. The number of benzene rings is 2. The van der Waals surface area contributed by atoms with E-state index in [2.05, 4.69) is 5.32 Å². The Kier molecular flexibility index (Phi) is 6.72. The summed E-state index contributed by atoms with van der Waals surface area (Å²) in [6, 6.07) is 11.0. The van der Waals surface area contributed by atoms with Crippen molar-refractivity contribution in [2.45, 2.75) is 51.0 Å². The van der Waals surface area contributed by atoms with Gasteiger partial charge < -0.3 is 9.84 Å². The summed E-state index contributed by atoms with van der Waals surface area (Å²) in [5.74, 6) is -1.30. The molecule has 2 aliphatic heterocycles. The molecule has 0 bridgehead atoms. The zero-order valence-electron chi connectivity index (χ0n) is 18.2. The van der Waals surface area contributed by atoms with Crippen molar-refractivity contribution in [1.29, 1.82) is 0 Å². The minimum absolute atomic E-state index is 0.0904. The summed E-state index contributed by atoms with van der Waals surface area (Å²) >= 11 is 0. The van der Waals surface area contributed by atoms with Crippen LogP contribution < -0.4 is 10.1 Å². The Bertz CT molecular complexity index is 1080. The summed E-state index contributed by atoms with van der Waals surface area (Å²) in [6.07, 6.45) is 5.16. The minimum atomic E-state index is -0.971. The average molecular weight is 450 g/mol. The lowest BCUT2D eigenvalue weighted by Gasteiger charge is -2.27. The molecule has 0 spiro atoms. The van der Waals surface area contributed by atoms with Crippen LogP contribution in [0.25, 0.3) is 0 Å². The molecule has 0 saturated carbocycles. The smallest absolute Gasteiger partial charge is 0.262 e. The number of carbonyl (C=O) groups excluding carboxylic acids is 4. The van der Waals surface area contributed by atoms with E-state index >= 15 is 0 Å². The number of aromatic hydroxyl groups is 1. The molecule has 33 heavy (non-hydrogen) atoms. The first-order valence-electron chi connectivity index (χ1n) is 11.2. The van der Waals surface area contributed by atoms with Crippen molar-refractivity contribution < 1.29 is 29.0 Å². The van der Waals surface area contributed by atoms with Crippen LogP contribution in [0.1, 0.15) is 64.8 Å². The Labute approximate surface area is 191 Å². The molecule has 4 amide bonds. The fraction of sp³-hybridized carbons (Fsp3) is 0.360. The molecule has 8 heteroatoms. The maximum absolute atomic E-state index is 12.8.